The van der Waals surface area contributed by atoms with Gasteiger partial charge in [-0.2, -0.15) is 8.42 Å². The third kappa shape index (κ3) is 4.98. The molecule has 1 fully saturated rings. The van der Waals surface area contributed by atoms with Crippen LogP contribution in [0.2, 0.25) is 5.02 Å². The van der Waals surface area contributed by atoms with Crippen molar-refractivity contribution in [2.24, 2.45) is 5.92 Å². The number of hydrogen-bond donors (Lipinski definition) is 0. The Kier molecular flexibility index (Phi) is 7.09. The fourth-order valence-electron chi connectivity index (χ4n) is 3.51. The van der Waals surface area contributed by atoms with Gasteiger partial charge in [-0.1, -0.05) is 49.2 Å². The minimum absolute atomic E-state index is 0.0233. The number of benzene rings is 2. The lowest BCUT2D eigenvalue weighted by atomic mass is 9.84. The molecule has 0 unspecified atom stereocenters. The Bertz CT molecular complexity index is 980. The summed E-state index contributed by atoms with van der Waals surface area (Å²) in [6, 6.07) is 11.9. The van der Waals surface area contributed by atoms with Gasteiger partial charge in [-0.25, -0.2) is 0 Å². The Balaban J connectivity index is 1.74. The summed E-state index contributed by atoms with van der Waals surface area (Å²) in [6.45, 7) is 6.31. The number of halogens is 1. The molecule has 162 valence electrons. The van der Waals surface area contributed by atoms with Crippen LogP contribution in [0.3, 0.4) is 0 Å². The minimum atomic E-state index is -4.04. The lowest BCUT2D eigenvalue weighted by Gasteiger charge is -2.35. The van der Waals surface area contributed by atoms with Crippen LogP contribution in [0.4, 0.5) is 0 Å². The van der Waals surface area contributed by atoms with E-state index >= 15 is 0 Å². The first-order chi connectivity index (χ1) is 14.2. The smallest absolute Gasteiger partial charge is 0.340 e. The number of carbonyl (C=O) groups excluding carboxylic acids is 1. The molecule has 7 heteroatoms. The Hall–Kier alpha value is -2.05. The summed E-state index contributed by atoms with van der Waals surface area (Å²) in [4.78, 5) is 14.7. The minimum Gasteiger partial charge on any atom is -0.379 e. The molecular weight excluding hydrogens is 422 g/mol. The van der Waals surface area contributed by atoms with Crippen LogP contribution < -0.4 is 4.18 Å². The third-order valence-corrected chi connectivity index (χ3v) is 7.64. The molecule has 2 aromatic carbocycles. The summed E-state index contributed by atoms with van der Waals surface area (Å²) < 4.78 is 30.7. The normalized spacial score (nSPS) is 15.3. The standard InChI is InChI=1S/C23H28ClNO4S/c1-4-17(3)25(23(26)19-8-6-9-19)15-18-11-13-20(14-12-18)29-30(27,28)22-16(2)7-5-10-21(22)24/h5,7,10-14,17,19H,4,6,8-9,15H2,1-3H3/t17-/m0/s1. The van der Waals surface area contributed by atoms with E-state index in [0.29, 0.717) is 12.1 Å². The molecule has 0 saturated heterocycles. The summed E-state index contributed by atoms with van der Waals surface area (Å²) in [5.41, 5.74) is 1.46. The van der Waals surface area contributed by atoms with Crippen molar-refractivity contribution in [3.8, 4) is 5.75 Å². The van der Waals surface area contributed by atoms with Crippen LogP contribution in [0.15, 0.2) is 47.4 Å². The second-order valence-corrected chi connectivity index (χ2v) is 9.81. The van der Waals surface area contributed by atoms with Crippen LogP contribution in [-0.4, -0.2) is 25.3 Å². The molecule has 0 aromatic heterocycles. The third-order valence-electron chi connectivity index (χ3n) is 5.76. The van der Waals surface area contributed by atoms with Crippen molar-refractivity contribution in [1.29, 1.82) is 0 Å². The average Bonchev–Trinajstić information content (AvgIpc) is 2.64. The van der Waals surface area contributed by atoms with E-state index in [9.17, 15) is 13.2 Å². The maximum Gasteiger partial charge on any atom is 0.340 e. The van der Waals surface area contributed by atoms with Gasteiger partial charge in [0.05, 0.1) is 5.02 Å². The van der Waals surface area contributed by atoms with E-state index in [4.69, 9.17) is 15.8 Å². The molecule has 0 N–H and O–H groups in total. The molecule has 0 radical (unpaired) electrons. The van der Waals surface area contributed by atoms with Crippen molar-refractivity contribution >= 4 is 27.6 Å². The molecule has 0 heterocycles. The van der Waals surface area contributed by atoms with Crippen LogP contribution in [0, 0.1) is 12.8 Å². The van der Waals surface area contributed by atoms with Gasteiger partial charge in [-0.15, -0.1) is 0 Å². The van der Waals surface area contributed by atoms with Crippen LogP contribution in [0.25, 0.3) is 0 Å². The quantitative estimate of drug-likeness (QED) is 0.510. The molecule has 0 aliphatic heterocycles. The first-order valence-electron chi connectivity index (χ1n) is 10.3. The summed E-state index contributed by atoms with van der Waals surface area (Å²) in [7, 11) is -4.04. The number of hydrogen-bond acceptors (Lipinski definition) is 4. The highest BCUT2D eigenvalue weighted by Gasteiger charge is 2.31. The van der Waals surface area contributed by atoms with E-state index in [1.165, 1.54) is 6.07 Å². The van der Waals surface area contributed by atoms with Crippen LogP contribution in [0.5, 0.6) is 5.75 Å². The van der Waals surface area contributed by atoms with Gasteiger partial charge in [0.1, 0.15) is 10.6 Å². The van der Waals surface area contributed by atoms with E-state index in [2.05, 4.69) is 13.8 Å². The van der Waals surface area contributed by atoms with Gasteiger partial charge in [0.15, 0.2) is 0 Å². The predicted molar refractivity (Wildman–Crippen MR) is 118 cm³/mol. The number of carbonyl (C=O) groups is 1. The molecule has 1 atom stereocenters. The molecule has 1 amide bonds. The van der Waals surface area contributed by atoms with E-state index in [1.807, 2.05) is 4.90 Å². The summed E-state index contributed by atoms with van der Waals surface area (Å²) in [5, 5.41) is 0.130. The number of nitrogens with zero attached hydrogens (tertiary/aromatic N) is 1. The number of rotatable bonds is 8. The van der Waals surface area contributed by atoms with Crippen molar-refractivity contribution in [3.05, 3.63) is 58.6 Å². The van der Waals surface area contributed by atoms with Crippen molar-refractivity contribution < 1.29 is 17.4 Å². The Morgan fingerprint density at radius 1 is 1.20 bits per heavy atom. The molecular formula is C23H28ClNO4S. The summed E-state index contributed by atoms with van der Waals surface area (Å²) in [6.07, 6.45) is 3.95. The van der Waals surface area contributed by atoms with Crippen LogP contribution in [0.1, 0.15) is 50.7 Å². The van der Waals surface area contributed by atoms with Crippen LogP contribution >= 0.6 is 11.6 Å². The molecule has 1 aliphatic carbocycles. The van der Waals surface area contributed by atoms with Crippen molar-refractivity contribution in [2.75, 3.05) is 0 Å². The average molecular weight is 450 g/mol. The van der Waals surface area contributed by atoms with Gasteiger partial charge < -0.3 is 9.08 Å². The second-order valence-electron chi connectivity index (χ2n) is 7.92. The first-order valence-corrected chi connectivity index (χ1v) is 12.1. The molecule has 0 bridgehead atoms. The van der Waals surface area contributed by atoms with Gasteiger partial charge in [0, 0.05) is 18.5 Å². The summed E-state index contributed by atoms with van der Waals surface area (Å²) >= 11 is 6.08. The lowest BCUT2D eigenvalue weighted by Crippen LogP contribution is -2.43. The van der Waals surface area contributed by atoms with Gasteiger partial charge in [-0.3, -0.25) is 4.79 Å². The second kappa shape index (κ2) is 9.40. The maximum atomic E-state index is 12.8. The largest absolute Gasteiger partial charge is 0.379 e. The summed E-state index contributed by atoms with van der Waals surface area (Å²) in [5.74, 6) is 0.566. The molecule has 2 aromatic rings. The predicted octanol–water partition coefficient (Wildman–Crippen LogP) is 5.34. The zero-order chi connectivity index (χ0) is 21.9. The maximum absolute atomic E-state index is 12.8. The Morgan fingerprint density at radius 2 is 1.87 bits per heavy atom. The number of aryl methyl sites for hydroxylation is 1. The monoisotopic (exact) mass is 449 g/mol. The highest BCUT2D eigenvalue weighted by molar-refractivity contribution is 7.87. The highest BCUT2D eigenvalue weighted by Crippen LogP contribution is 2.31. The SMILES string of the molecule is CC[C@H](C)N(Cc1ccc(OS(=O)(=O)c2c(C)cccc2Cl)cc1)C(=O)C1CCC1. The van der Waals surface area contributed by atoms with Crippen molar-refractivity contribution in [3.63, 3.8) is 0 Å². The first kappa shape index (κ1) is 22.6. The van der Waals surface area contributed by atoms with Crippen LogP contribution in [-0.2, 0) is 21.5 Å². The molecule has 30 heavy (non-hydrogen) atoms. The zero-order valence-electron chi connectivity index (χ0n) is 17.6. The lowest BCUT2D eigenvalue weighted by molar-refractivity contribution is -0.141. The fourth-order valence-corrected chi connectivity index (χ4v) is 5.23. The number of amides is 1. The van der Waals surface area contributed by atoms with E-state index in [0.717, 1.165) is 31.2 Å². The van der Waals surface area contributed by atoms with Crippen molar-refractivity contribution in [2.45, 2.75) is 63.9 Å². The molecule has 5 nitrogen and oxygen atoms in total. The van der Waals surface area contributed by atoms with Gasteiger partial charge >= 0.3 is 10.1 Å². The zero-order valence-corrected chi connectivity index (χ0v) is 19.2. The van der Waals surface area contributed by atoms with E-state index in [-0.39, 0.29) is 33.5 Å². The van der Waals surface area contributed by atoms with E-state index < -0.39 is 10.1 Å². The molecule has 1 saturated carbocycles. The fraction of sp³-hybridized carbons (Fsp3) is 0.435. The van der Waals surface area contributed by atoms with Gasteiger partial charge in [0.25, 0.3) is 0 Å². The topological polar surface area (TPSA) is 63.7 Å². The molecule has 1 aliphatic rings. The highest BCUT2D eigenvalue weighted by atomic mass is 35.5. The van der Waals surface area contributed by atoms with Gasteiger partial charge in [-0.05, 0) is 62.4 Å². The van der Waals surface area contributed by atoms with Gasteiger partial charge in [0.2, 0.25) is 5.91 Å². The molecule has 3 rings (SSSR count). The van der Waals surface area contributed by atoms with E-state index in [1.54, 1.807) is 43.3 Å². The Labute approximate surface area is 184 Å². The molecule has 0 spiro atoms. The Morgan fingerprint density at radius 3 is 2.40 bits per heavy atom. The van der Waals surface area contributed by atoms with Crippen molar-refractivity contribution in [1.82, 2.24) is 4.90 Å².